The first kappa shape index (κ1) is 17.5. The van der Waals surface area contributed by atoms with E-state index in [9.17, 15) is 9.90 Å². The molecule has 0 saturated heterocycles. The van der Waals surface area contributed by atoms with E-state index in [4.69, 9.17) is 9.47 Å². The monoisotopic (exact) mass is 349 g/mol. The van der Waals surface area contributed by atoms with Gasteiger partial charge in [-0.3, -0.25) is 0 Å². The van der Waals surface area contributed by atoms with E-state index in [0.717, 1.165) is 28.0 Å². The minimum atomic E-state index is -1.12. The van der Waals surface area contributed by atoms with Crippen LogP contribution in [0.3, 0.4) is 0 Å². The molecule has 5 nitrogen and oxygen atoms in total. The molecule has 132 valence electrons. The Morgan fingerprint density at radius 3 is 2.58 bits per heavy atom. The number of carboxylic acids is 1. The molecule has 3 aromatic rings. The van der Waals surface area contributed by atoms with Gasteiger partial charge in [-0.15, -0.1) is 0 Å². The standard InChI is InChI=1S/C21H19NO4/c1-14-18(16-9-6-10-17(11-16)25-2)12-22-19(21(23)24)20(14)26-13-15-7-4-3-5-8-15/h3-12H,13H2,1-2H3,(H,23,24). The summed E-state index contributed by atoms with van der Waals surface area (Å²) in [7, 11) is 1.60. The first-order valence-electron chi connectivity index (χ1n) is 8.14. The Balaban J connectivity index is 2.01. The van der Waals surface area contributed by atoms with Crippen molar-refractivity contribution in [2.75, 3.05) is 7.11 Å². The molecule has 1 N–H and O–H groups in total. The molecule has 3 rings (SSSR count). The summed E-state index contributed by atoms with van der Waals surface area (Å²) >= 11 is 0. The minimum Gasteiger partial charge on any atom is -0.497 e. The predicted octanol–water partition coefficient (Wildman–Crippen LogP) is 4.34. The highest BCUT2D eigenvalue weighted by molar-refractivity contribution is 5.90. The third-order valence-corrected chi connectivity index (χ3v) is 4.09. The zero-order chi connectivity index (χ0) is 18.5. The van der Waals surface area contributed by atoms with Gasteiger partial charge in [0.1, 0.15) is 12.4 Å². The lowest BCUT2D eigenvalue weighted by Crippen LogP contribution is -2.08. The number of pyridine rings is 1. The van der Waals surface area contributed by atoms with Crippen molar-refractivity contribution in [3.63, 3.8) is 0 Å². The zero-order valence-corrected chi connectivity index (χ0v) is 14.6. The summed E-state index contributed by atoms with van der Waals surface area (Å²) in [5, 5.41) is 9.47. The first-order chi connectivity index (χ1) is 12.6. The van der Waals surface area contributed by atoms with E-state index in [1.165, 1.54) is 0 Å². The van der Waals surface area contributed by atoms with E-state index in [2.05, 4.69) is 4.98 Å². The predicted molar refractivity (Wildman–Crippen MR) is 98.7 cm³/mol. The van der Waals surface area contributed by atoms with Crippen molar-refractivity contribution in [1.29, 1.82) is 0 Å². The SMILES string of the molecule is COc1cccc(-c2cnc(C(=O)O)c(OCc3ccccc3)c2C)c1. The van der Waals surface area contributed by atoms with Crippen LogP contribution in [0.5, 0.6) is 11.5 Å². The lowest BCUT2D eigenvalue weighted by atomic mass is 10.0. The highest BCUT2D eigenvalue weighted by Gasteiger charge is 2.19. The molecule has 0 aliphatic carbocycles. The molecule has 1 heterocycles. The van der Waals surface area contributed by atoms with Crippen molar-refractivity contribution in [2.24, 2.45) is 0 Å². The van der Waals surface area contributed by atoms with Crippen LogP contribution in [0.15, 0.2) is 60.8 Å². The normalized spacial score (nSPS) is 10.4. The number of carbonyl (C=O) groups is 1. The van der Waals surface area contributed by atoms with E-state index < -0.39 is 5.97 Å². The molecule has 0 aliphatic heterocycles. The molecule has 0 unspecified atom stereocenters. The van der Waals surface area contributed by atoms with Crippen LogP contribution in [-0.4, -0.2) is 23.2 Å². The average Bonchev–Trinajstić information content (AvgIpc) is 2.67. The van der Waals surface area contributed by atoms with Gasteiger partial charge >= 0.3 is 5.97 Å². The highest BCUT2D eigenvalue weighted by Crippen LogP contribution is 2.33. The lowest BCUT2D eigenvalue weighted by Gasteiger charge is -2.15. The molecular formula is C21H19NO4. The maximum atomic E-state index is 11.6. The fraction of sp³-hybridized carbons (Fsp3) is 0.143. The van der Waals surface area contributed by atoms with Gasteiger partial charge in [0.05, 0.1) is 7.11 Å². The van der Waals surface area contributed by atoms with Gasteiger partial charge < -0.3 is 14.6 Å². The van der Waals surface area contributed by atoms with E-state index >= 15 is 0 Å². The van der Waals surface area contributed by atoms with Crippen LogP contribution in [-0.2, 0) is 6.61 Å². The summed E-state index contributed by atoms with van der Waals surface area (Å²) in [6.07, 6.45) is 1.56. The van der Waals surface area contributed by atoms with Crippen LogP contribution in [0.2, 0.25) is 0 Å². The summed E-state index contributed by atoms with van der Waals surface area (Å²) in [6, 6.07) is 17.1. The maximum absolute atomic E-state index is 11.6. The van der Waals surface area contributed by atoms with Gasteiger partial charge in [-0.2, -0.15) is 0 Å². The van der Waals surface area contributed by atoms with Gasteiger partial charge in [0.2, 0.25) is 0 Å². The van der Waals surface area contributed by atoms with Gasteiger partial charge in [0.15, 0.2) is 11.4 Å². The van der Waals surface area contributed by atoms with Gasteiger partial charge in [0.25, 0.3) is 0 Å². The van der Waals surface area contributed by atoms with E-state index in [-0.39, 0.29) is 18.1 Å². The Morgan fingerprint density at radius 1 is 1.12 bits per heavy atom. The second-order valence-electron chi connectivity index (χ2n) is 5.79. The van der Waals surface area contributed by atoms with Crippen molar-refractivity contribution < 1.29 is 19.4 Å². The van der Waals surface area contributed by atoms with Crippen LogP contribution >= 0.6 is 0 Å². The lowest BCUT2D eigenvalue weighted by molar-refractivity contribution is 0.0684. The second-order valence-corrected chi connectivity index (χ2v) is 5.79. The van der Waals surface area contributed by atoms with Crippen molar-refractivity contribution in [2.45, 2.75) is 13.5 Å². The number of benzene rings is 2. The van der Waals surface area contributed by atoms with Crippen LogP contribution < -0.4 is 9.47 Å². The van der Waals surface area contributed by atoms with Crippen LogP contribution in [0.1, 0.15) is 21.6 Å². The summed E-state index contributed by atoms with van der Waals surface area (Å²) in [6.45, 7) is 2.11. The number of methoxy groups -OCH3 is 1. The second kappa shape index (κ2) is 7.70. The molecule has 1 aromatic heterocycles. The number of aromatic carboxylic acids is 1. The fourth-order valence-electron chi connectivity index (χ4n) is 2.72. The number of aromatic nitrogens is 1. The number of nitrogens with zero attached hydrogens (tertiary/aromatic N) is 1. The summed E-state index contributed by atoms with van der Waals surface area (Å²) in [5.74, 6) is -0.119. The summed E-state index contributed by atoms with van der Waals surface area (Å²) in [5.41, 5.74) is 3.27. The maximum Gasteiger partial charge on any atom is 0.358 e. The Hall–Kier alpha value is -3.34. The first-order valence-corrected chi connectivity index (χ1v) is 8.14. The van der Waals surface area contributed by atoms with E-state index in [1.807, 2.05) is 61.5 Å². The molecule has 2 aromatic carbocycles. The summed E-state index contributed by atoms with van der Waals surface area (Å²) in [4.78, 5) is 15.7. The Bertz CT molecular complexity index is 923. The fourth-order valence-corrected chi connectivity index (χ4v) is 2.72. The Labute approximate surface area is 151 Å². The largest absolute Gasteiger partial charge is 0.497 e. The van der Waals surface area contributed by atoms with Gasteiger partial charge in [-0.05, 0) is 30.2 Å². The molecule has 5 heteroatoms. The smallest absolute Gasteiger partial charge is 0.358 e. The molecule has 0 amide bonds. The number of carboxylic acid groups (broad SMARTS) is 1. The van der Waals surface area contributed by atoms with E-state index in [0.29, 0.717) is 0 Å². The minimum absolute atomic E-state index is 0.0925. The van der Waals surface area contributed by atoms with E-state index in [1.54, 1.807) is 13.3 Å². The molecule has 0 spiro atoms. The Morgan fingerprint density at radius 2 is 1.88 bits per heavy atom. The zero-order valence-electron chi connectivity index (χ0n) is 14.6. The molecular weight excluding hydrogens is 330 g/mol. The Kier molecular flexibility index (Phi) is 5.17. The quantitative estimate of drug-likeness (QED) is 0.717. The molecule has 0 saturated carbocycles. The van der Waals surface area contributed by atoms with Gasteiger partial charge in [0, 0.05) is 17.3 Å². The highest BCUT2D eigenvalue weighted by atomic mass is 16.5. The van der Waals surface area contributed by atoms with Crippen LogP contribution in [0.4, 0.5) is 0 Å². The molecule has 0 atom stereocenters. The van der Waals surface area contributed by atoms with Gasteiger partial charge in [-0.1, -0.05) is 42.5 Å². The third-order valence-electron chi connectivity index (χ3n) is 4.09. The molecule has 0 bridgehead atoms. The van der Waals surface area contributed by atoms with Gasteiger partial charge in [-0.25, -0.2) is 9.78 Å². The number of ether oxygens (including phenoxy) is 2. The average molecular weight is 349 g/mol. The number of hydrogen-bond acceptors (Lipinski definition) is 4. The van der Waals surface area contributed by atoms with Crippen molar-refractivity contribution >= 4 is 5.97 Å². The molecule has 0 radical (unpaired) electrons. The van der Waals surface area contributed by atoms with Crippen molar-refractivity contribution in [3.05, 3.63) is 77.6 Å². The summed E-state index contributed by atoms with van der Waals surface area (Å²) < 4.78 is 11.1. The molecule has 26 heavy (non-hydrogen) atoms. The third kappa shape index (κ3) is 3.67. The number of rotatable bonds is 6. The molecule has 0 fully saturated rings. The van der Waals surface area contributed by atoms with Crippen molar-refractivity contribution in [3.8, 4) is 22.6 Å². The van der Waals surface area contributed by atoms with Crippen molar-refractivity contribution in [1.82, 2.24) is 4.98 Å². The van der Waals surface area contributed by atoms with Crippen LogP contribution in [0.25, 0.3) is 11.1 Å². The molecule has 0 aliphatic rings. The topological polar surface area (TPSA) is 68.7 Å². The number of hydrogen-bond donors (Lipinski definition) is 1. The van der Waals surface area contributed by atoms with Crippen LogP contribution in [0, 0.1) is 6.92 Å².